The molecule has 40 heavy (non-hydrogen) atoms. The zero-order valence-electron chi connectivity index (χ0n) is 22.2. The zero-order chi connectivity index (χ0) is 28.2. The molecule has 0 bridgehead atoms. The maximum atomic E-state index is 13.3. The van der Waals surface area contributed by atoms with E-state index in [4.69, 9.17) is 0 Å². The van der Waals surface area contributed by atoms with E-state index in [-0.39, 0.29) is 40.6 Å². The van der Waals surface area contributed by atoms with Gasteiger partial charge in [0.25, 0.3) is 22.7 Å². The topological polar surface area (TPSA) is 132 Å². The molecule has 2 heterocycles. The largest absolute Gasteiger partial charge is 0.509 e. The predicted molar refractivity (Wildman–Crippen MR) is 152 cm³/mol. The quantitative estimate of drug-likeness (QED) is 0.371. The molecule has 1 fully saturated rings. The number of amides is 2. The molecule has 1 saturated heterocycles. The summed E-state index contributed by atoms with van der Waals surface area (Å²) in [6, 6.07) is 13.9. The minimum atomic E-state index is -0.739. The molecule has 2 aromatic carbocycles. The van der Waals surface area contributed by atoms with Gasteiger partial charge < -0.3 is 25.5 Å². The molecular formula is C30H31N5O5. The Bertz CT molecular complexity index is 1520. The highest BCUT2D eigenvalue weighted by Crippen LogP contribution is 2.28. The zero-order valence-corrected chi connectivity index (χ0v) is 22.2. The summed E-state index contributed by atoms with van der Waals surface area (Å²) in [7, 11) is 0. The van der Waals surface area contributed by atoms with Crippen LogP contribution in [0.3, 0.4) is 0 Å². The van der Waals surface area contributed by atoms with Crippen LogP contribution in [0.2, 0.25) is 0 Å². The number of piperazine rings is 1. The number of carbonyl (C=O) groups excluding carboxylic acids is 2. The molecular weight excluding hydrogens is 510 g/mol. The van der Waals surface area contributed by atoms with Crippen molar-refractivity contribution < 1.29 is 14.7 Å². The average molecular weight is 542 g/mol. The van der Waals surface area contributed by atoms with Crippen molar-refractivity contribution in [3.63, 3.8) is 0 Å². The first-order valence-corrected chi connectivity index (χ1v) is 13.4. The van der Waals surface area contributed by atoms with Gasteiger partial charge in [0.05, 0.1) is 17.7 Å². The van der Waals surface area contributed by atoms with Crippen LogP contribution in [-0.4, -0.2) is 63.9 Å². The second-order valence-electron chi connectivity index (χ2n) is 9.86. The third-order valence-electron chi connectivity index (χ3n) is 7.39. The molecule has 10 heteroatoms. The molecule has 1 unspecified atom stereocenters. The number of anilines is 2. The molecule has 1 aliphatic carbocycles. The Kier molecular flexibility index (Phi) is 7.77. The van der Waals surface area contributed by atoms with Crippen molar-refractivity contribution in [2.24, 2.45) is 0 Å². The molecule has 3 aromatic rings. The van der Waals surface area contributed by atoms with E-state index >= 15 is 0 Å². The van der Waals surface area contributed by atoms with E-state index in [0.29, 0.717) is 44.7 Å². The monoisotopic (exact) mass is 541 g/mol. The number of nitrogens with zero attached hydrogens (tertiary/aromatic N) is 3. The van der Waals surface area contributed by atoms with Crippen molar-refractivity contribution in [3.8, 4) is 0 Å². The Morgan fingerprint density at radius 2 is 1.60 bits per heavy atom. The number of hydrogen-bond acceptors (Lipinski definition) is 8. The number of aliphatic hydroxyl groups excluding tert-OH is 1. The van der Waals surface area contributed by atoms with Crippen LogP contribution in [-0.2, 0) is 4.79 Å². The standard InChI is InChI=1S/C30H31N5O5/c1-2-21(19-9-4-3-5-10-19)32-24-25(28(38)27(24)37)33-22-13-8-11-20(26(22)36)29(39)34-15-17-35(18-16-34)30(40)23-12-6-7-14-31-23/h3-12,14,21-22,32-33,36H,2,13,15-18H2,1H3/t21-,22?/m1/s1. The van der Waals surface area contributed by atoms with E-state index in [1.807, 2.05) is 37.3 Å². The van der Waals surface area contributed by atoms with Crippen molar-refractivity contribution in [2.75, 3.05) is 36.8 Å². The Morgan fingerprint density at radius 1 is 0.950 bits per heavy atom. The number of carbonyl (C=O) groups is 2. The lowest BCUT2D eigenvalue weighted by atomic mass is 9.97. The lowest BCUT2D eigenvalue weighted by molar-refractivity contribution is -0.128. The average Bonchev–Trinajstić information content (AvgIpc) is 3.01. The summed E-state index contributed by atoms with van der Waals surface area (Å²) in [4.78, 5) is 58.3. The smallest absolute Gasteiger partial charge is 0.272 e. The molecule has 2 amide bonds. The number of rotatable bonds is 8. The van der Waals surface area contributed by atoms with E-state index in [9.17, 15) is 24.3 Å². The Morgan fingerprint density at radius 3 is 2.25 bits per heavy atom. The van der Waals surface area contributed by atoms with E-state index in [1.165, 1.54) is 0 Å². The molecule has 1 aliphatic heterocycles. The number of aliphatic hydroxyl groups is 1. The van der Waals surface area contributed by atoms with Crippen molar-refractivity contribution in [2.45, 2.75) is 31.8 Å². The predicted octanol–water partition coefficient (Wildman–Crippen LogP) is 2.78. The summed E-state index contributed by atoms with van der Waals surface area (Å²) >= 11 is 0. The van der Waals surface area contributed by atoms with Gasteiger partial charge in [-0.15, -0.1) is 0 Å². The third kappa shape index (κ3) is 5.25. The molecule has 2 atom stereocenters. The highest BCUT2D eigenvalue weighted by molar-refractivity contribution is 5.98. The first-order valence-electron chi connectivity index (χ1n) is 13.4. The van der Waals surface area contributed by atoms with Gasteiger partial charge in [-0.3, -0.25) is 24.2 Å². The molecule has 0 radical (unpaired) electrons. The first kappa shape index (κ1) is 26.9. The number of aromatic nitrogens is 1. The minimum Gasteiger partial charge on any atom is -0.509 e. The van der Waals surface area contributed by atoms with Crippen LogP contribution >= 0.6 is 0 Å². The highest BCUT2D eigenvalue weighted by Gasteiger charge is 2.32. The van der Waals surface area contributed by atoms with Gasteiger partial charge in [-0.1, -0.05) is 49.4 Å². The maximum Gasteiger partial charge on any atom is 0.272 e. The Hall–Kier alpha value is -4.73. The van der Waals surface area contributed by atoms with Gasteiger partial charge in [0.1, 0.15) is 22.8 Å². The SMILES string of the molecule is CC[C@@H](Nc1c(NC2CC=CC(C(=O)N3CCN(C(=O)c4ccccn4)CC3)=C2O)c(=O)c1=O)c1ccccc1. The van der Waals surface area contributed by atoms with Crippen molar-refractivity contribution in [3.05, 3.63) is 110 Å². The molecule has 1 aromatic heterocycles. The van der Waals surface area contributed by atoms with Crippen LogP contribution in [0.4, 0.5) is 11.4 Å². The van der Waals surface area contributed by atoms with E-state index in [2.05, 4.69) is 15.6 Å². The number of benzene rings is 1. The van der Waals surface area contributed by atoms with Gasteiger partial charge in [0, 0.05) is 32.4 Å². The molecule has 10 nitrogen and oxygen atoms in total. The van der Waals surface area contributed by atoms with Gasteiger partial charge in [-0.2, -0.15) is 0 Å². The molecule has 0 saturated carbocycles. The molecule has 5 rings (SSSR count). The van der Waals surface area contributed by atoms with Gasteiger partial charge in [0.2, 0.25) is 0 Å². The summed E-state index contributed by atoms with van der Waals surface area (Å²) in [5.74, 6) is -0.733. The lowest BCUT2D eigenvalue weighted by Crippen LogP contribution is -2.51. The van der Waals surface area contributed by atoms with Crippen LogP contribution in [0.25, 0.3) is 0 Å². The lowest BCUT2D eigenvalue weighted by Gasteiger charge is -2.35. The summed E-state index contributed by atoms with van der Waals surface area (Å²) in [5.41, 5.74) is 0.493. The number of nitrogens with one attached hydrogen (secondary N) is 2. The van der Waals surface area contributed by atoms with Crippen LogP contribution in [0.1, 0.15) is 41.9 Å². The fraction of sp³-hybridized carbons (Fsp3) is 0.300. The van der Waals surface area contributed by atoms with Crippen molar-refractivity contribution >= 4 is 23.2 Å². The number of pyridine rings is 1. The number of hydrogen-bond donors (Lipinski definition) is 3. The van der Waals surface area contributed by atoms with Gasteiger partial charge in [-0.05, 0) is 36.6 Å². The first-order chi connectivity index (χ1) is 19.4. The second-order valence-corrected chi connectivity index (χ2v) is 9.86. The van der Waals surface area contributed by atoms with E-state index in [1.54, 1.807) is 46.3 Å². The van der Waals surface area contributed by atoms with Gasteiger partial charge in [0.15, 0.2) is 0 Å². The van der Waals surface area contributed by atoms with Gasteiger partial charge >= 0.3 is 0 Å². The second kappa shape index (κ2) is 11.6. The molecule has 0 spiro atoms. The van der Waals surface area contributed by atoms with Crippen LogP contribution in [0, 0.1) is 0 Å². The van der Waals surface area contributed by atoms with Crippen molar-refractivity contribution in [1.82, 2.24) is 14.8 Å². The Balaban J connectivity index is 1.26. The molecule has 206 valence electrons. The summed E-state index contributed by atoms with van der Waals surface area (Å²) in [6.07, 6.45) is 5.92. The summed E-state index contributed by atoms with van der Waals surface area (Å²) in [5, 5.41) is 17.2. The summed E-state index contributed by atoms with van der Waals surface area (Å²) in [6.45, 7) is 3.29. The maximum absolute atomic E-state index is 13.3. The highest BCUT2D eigenvalue weighted by atomic mass is 16.3. The van der Waals surface area contributed by atoms with E-state index < -0.39 is 16.9 Å². The van der Waals surface area contributed by atoms with E-state index in [0.717, 1.165) is 5.56 Å². The third-order valence-corrected chi connectivity index (χ3v) is 7.39. The van der Waals surface area contributed by atoms with Crippen LogP contribution < -0.4 is 21.5 Å². The minimum absolute atomic E-state index is 0.111. The normalized spacial score (nSPS) is 18.1. The van der Waals surface area contributed by atoms with Gasteiger partial charge in [-0.25, -0.2) is 0 Å². The van der Waals surface area contributed by atoms with Crippen LogP contribution in [0.5, 0.6) is 0 Å². The Labute approximate surface area is 231 Å². The fourth-order valence-electron chi connectivity index (χ4n) is 5.07. The fourth-order valence-corrected chi connectivity index (χ4v) is 5.07. The van der Waals surface area contributed by atoms with Crippen LogP contribution in [0.15, 0.2) is 87.8 Å². The molecule has 2 aliphatic rings. The summed E-state index contributed by atoms with van der Waals surface area (Å²) < 4.78 is 0. The molecule has 3 N–H and O–H groups in total. The van der Waals surface area contributed by atoms with Crippen molar-refractivity contribution in [1.29, 1.82) is 0 Å².